The summed E-state index contributed by atoms with van der Waals surface area (Å²) in [6.07, 6.45) is 7.89. The molecule has 0 aromatic carbocycles. The van der Waals surface area contributed by atoms with E-state index in [1.165, 1.54) is 13.5 Å². The van der Waals surface area contributed by atoms with Gasteiger partial charge in [-0.05, 0) is 36.8 Å². The number of allylic oxidation sites excluding steroid dienone is 1. The Hall–Kier alpha value is -1.62. The predicted molar refractivity (Wildman–Crippen MR) is 82.3 cm³/mol. The Bertz CT molecular complexity index is 518. The molecule has 0 amide bonds. The molecule has 2 rings (SSSR count). The highest BCUT2D eigenvalue weighted by Gasteiger charge is 2.30. The summed E-state index contributed by atoms with van der Waals surface area (Å²) in [6.45, 7) is 3.73. The van der Waals surface area contributed by atoms with E-state index in [1.54, 1.807) is 12.3 Å². The number of carbonyl (C=O) groups excluding carboxylic acids is 1. The predicted octanol–water partition coefficient (Wildman–Crippen LogP) is 3.00. The van der Waals surface area contributed by atoms with Crippen molar-refractivity contribution in [3.8, 4) is 0 Å². The van der Waals surface area contributed by atoms with Crippen molar-refractivity contribution in [1.29, 1.82) is 0 Å². The highest BCUT2D eigenvalue weighted by Crippen LogP contribution is 2.33. The standard InChI is InChI=1S/C15H20ClN3O2/c1-3-5-11-9-17-15(16)19-14(11)18-12(8-13(20)21-2)10-6-4-7-10/h3,9-10,12H,1,4-8H2,2H3,(H,17,18,19). The molecule has 114 valence electrons. The fraction of sp³-hybridized carbons (Fsp3) is 0.533. The number of nitrogens with zero attached hydrogens (tertiary/aromatic N) is 2. The third-order valence-corrected chi connectivity index (χ3v) is 4.04. The molecule has 6 heteroatoms. The lowest BCUT2D eigenvalue weighted by molar-refractivity contribution is -0.141. The molecule has 0 radical (unpaired) electrons. The molecule has 1 aromatic rings. The number of hydrogen-bond acceptors (Lipinski definition) is 5. The minimum absolute atomic E-state index is 0.0146. The molecule has 1 N–H and O–H groups in total. The molecule has 1 unspecified atom stereocenters. The summed E-state index contributed by atoms with van der Waals surface area (Å²) in [7, 11) is 1.41. The first-order valence-electron chi connectivity index (χ1n) is 7.09. The molecule has 1 aliphatic rings. The van der Waals surface area contributed by atoms with E-state index in [2.05, 4.69) is 21.9 Å². The number of anilines is 1. The second-order valence-corrected chi connectivity index (χ2v) is 5.57. The van der Waals surface area contributed by atoms with Gasteiger partial charge in [0.2, 0.25) is 5.28 Å². The van der Waals surface area contributed by atoms with Gasteiger partial charge in [0.15, 0.2) is 0 Å². The van der Waals surface area contributed by atoms with Gasteiger partial charge in [-0.15, -0.1) is 6.58 Å². The highest BCUT2D eigenvalue weighted by atomic mass is 35.5. The molecule has 1 saturated carbocycles. The molecule has 1 fully saturated rings. The van der Waals surface area contributed by atoms with Gasteiger partial charge in [-0.3, -0.25) is 4.79 Å². The van der Waals surface area contributed by atoms with E-state index in [0.717, 1.165) is 18.4 Å². The lowest BCUT2D eigenvalue weighted by atomic mass is 9.78. The van der Waals surface area contributed by atoms with Crippen LogP contribution in [-0.2, 0) is 16.0 Å². The Morgan fingerprint density at radius 2 is 2.43 bits per heavy atom. The van der Waals surface area contributed by atoms with Crippen LogP contribution in [0.15, 0.2) is 18.9 Å². The summed E-state index contributed by atoms with van der Waals surface area (Å²) in [4.78, 5) is 19.8. The van der Waals surface area contributed by atoms with Crippen LogP contribution in [-0.4, -0.2) is 29.1 Å². The lowest BCUT2D eigenvalue weighted by Gasteiger charge is -2.34. The van der Waals surface area contributed by atoms with Gasteiger partial charge in [0.05, 0.1) is 13.5 Å². The summed E-state index contributed by atoms with van der Waals surface area (Å²) < 4.78 is 4.78. The molecule has 1 aromatic heterocycles. The minimum Gasteiger partial charge on any atom is -0.469 e. The largest absolute Gasteiger partial charge is 0.469 e. The first-order valence-corrected chi connectivity index (χ1v) is 7.47. The number of carbonyl (C=O) groups is 1. The number of methoxy groups -OCH3 is 1. The normalized spacial score (nSPS) is 15.9. The van der Waals surface area contributed by atoms with E-state index in [9.17, 15) is 4.79 Å². The van der Waals surface area contributed by atoms with Gasteiger partial charge in [0.1, 0.15) is 5.82 Å². The van der Waals surface area contributed by atoms with E-state index in [-0.39, 0.29) is 17.3 Å². The number of halogens is 1. The first kappa shape index (κ1) is 15.8. The van der Waals surface area contributed by atoms with Crippen LogP contribution in [0.5, 0.6) is 0 Å². The fourth-order valence-electron chi connectivity index (χ4n) is 2.43. The number of ether oxygens (including phenoxy) is 1. The number of nitrogens with one attached hydrogen (secondary N) is 1. The zero-order valence-corrected chi connectivity index (χ0v) is 12.9. The van der Waals surface area contributed by atoms with Crippen LogP contribution in [0.25, 0.3) is 0 Å². The highest BCUT2D eigenvalue weighted by molar-refractivity contribution is 6.28. The van der Waals surface area contributed by atoms with E-state index < -0.39 is 0 Å². The smallest absolute Gasteiger partial charge is 0.307 e. The molecule has 0 spiro atoms. The zero-order chi connectivity index (χ0) is 15.2. The first-order chi connectivity index (χ1) is 10.1. The van der Waals surface area contributed by atoms with Crippen LogP contribution in [0.4, 0.5) is 5.82 Å². The van der Waals surface area contributed by atoms with Gasteiger partial charge in [0, 0.05) is 17.8 Å². The monoisotopic (exact) mass is 309 g/mol. The quantitative estimate of drug-likeness (QED) is 0.476. The van der Waals surface area contributed by atoms with Crippen molar-refractivity contribution in [2.24, 2.45) is 5.92 Å². The van der Waals surface area contributed by atoms with Gasteiger partial charge in [-0.1, -0.05) is 12.5 Å². The molecule has 0 saturated heterocycles. The van der Waals surface area contributed by atoms with Crippen LogP contribution in [0, 0.1) is 5.92 Å². The Morgan fingerprint density at radius 1 is 1.67 bits per heavy atom. The maximum absolute atomic E-state index is 11.6. The molecule has 5 nitrogen and oxygen atoms in total. The minimum atomic E-state index is -0.218. The molecule has 1 heterocycles. The second-order valence-electron chi connectivity index (χ2n) is 5.23. The number of esters is 1. The number of hydrogen-bond donors (Lipinski definition) is 1. The molecular formula is C15H20ClN3O2. The average Bonchev–Trinajstić information content (AvgIpc) is 2.39. The van der Waals surface area contributed by atoms with Crippen molar-refractivity contribution in [3.63, 3.8) is 0 Å². The summed E-state index contributed by atoms with van der Waals surface area (Å²) in [5.41, 5.74) is 0.920. The molecule has 21 heavy (non-hydrogen) atoms. The van der Waals surface area contributed by atoms with E-state index in [4.69, 9.17) is 16.3 Å². The van der Waals surface area contributed by atoms with Crippen molar-refractivity contribution < 1.29 is 9.53 Å². The molecule has 1 atom stereocenters. The van der Waals surface area contributed by atoms with Crippen LogP contribution in [0.2, 0.25) is 5.28 Å². The van der Waals surface area contributed by atoms with E-state index in [0.29, 0.717) is 24.6 Å². The van der Waals surface area contributed by atoms with Gasteiger partial charge in [0.25, 0.3) is 0 Å². The van der Waals surface area contributed by atoms with Gasteiger partial charge >= 0.3 is 5.97 Å². The molecule has 1 aliphatic carbocycles. The van der Waals surface area contributed by atoms with E-state index >= 15 is 0 Å². The lowest BCUT2D eigenvalue weighted by Crippen LogP contribution is -2.36. The summed E-state index contributed by atoms with van der Waals surface area (Å²) >= 11 is 5.88. The van der Waals surface area contributed by atoms with Crippen LogP contribution in [0.1, 0.15) is 31.2 Å². The molecule has 0 aliphatic heterocycles. The maximum Gasteiger partial charge on any atom is 0.307 e. The summed E-state index contributed by atoms with van der Waals surface area (Å²) in [6, 6.07) is 0.0146. The third kappa shape index (κ3) is 4.17. The Morgan fingerprint density at radius 3 is 3.00 bits per heavy atom. The van der Waals surface area contributed by atoms with Crippen molar-refractivity contribution in [2.75, 3.05) is 12.4 Å². The van der Waals surface area contributed by atoms with Gasteiger partial charge in [-0.2, -0.15) is 0 Å². The number of aromatic nitrogens is 2. The third-order valence-electron chi connectivity index (χ3n) is 3.85. The van der Waals surface area contributed by atoms with Crippen LogP contribution >= 0.6 is 11.6 Å². The summed E-state index contributed by atoms with van der Waals surface area (Å²) in [5, 5.41) is 3.55. The van der Waals surface area contributed by atoms with Gasteiger partial charge < -0.3 is 10.1 Å². The van der Waals surface area contributed by atoms with Crippen molar-refractivity contribution in [3.05, 3.63) is 29.7 Å². The zero-order valence-electron chi connectivity index (χ0n) is 12.1. The SMILES string of the molecule is C=CCc1cnc(Cl)nc1NC(CC(=O)OC)C1CCC1. The topological polar surface area (TPSA) is 64.1 Å². The fourth-order valence-corrected chi connectivity index (χ4v) is 2.56. The Balaban J connectivity index is 2.16. The average molecular weight is 310 g/mol. The molecular weight excluding hydrogens is 290 g/mol. The van der Waals surface area contributed by atoms with E-state index in [1.807, 2.05) is 0 Å². The van der Waals surface area contributed by atoms with Crippen molar-refractivity contribution >= 4 is 23.4 Å². The Labute approximate surface area is 129 Å². The van der Waals surface area contributed by atoms with Crippen LogP contribution < -0.4 is 5.32 Å². The van der Waals surface area contributed by atoms with Crippen LogP contribution in [0.3, 0.4) is 0 Å². The second kappa shape index (κ2) is 7.41. The van der Waals surface area contributed by atoms with Crippen molar-refractivity contribution in [1.82, 2.24) is 9.97 Å². The van der Waals surface area contributed by atoms with Gasteiger partial charge in [-0.25, -0.2) is 9.97 Å². The Kier molecular flexibility index (Phi) is 5.56. The van der Waals surface area contributed by atoms with Crippen molar-refractivity contribution in [2.45, 2.75) is 38.1 Å². The summed E-state index contributed by atoms with van der Waals surface area (Å²) in [5.74, 6) is 0.926. The molecule has 0 bridgehead atoms. The number of rotatable bonds is 7. The maximum atomic E-state index is 11.6.